The molecule has 1 saturated heterocycles. The SMILES string of the molecule is CCn1nc(C2CC2)cc1C(=O)N1CCC[C@H]1c1ccnc(N(C)C)c1. The third kappa shape index (κ3) is 3.08. The van der Waals surface area contributed by atoms with Crippen molar-refractivity contribution in [1.29, 1.82) is 0 Å². The summed E-state index contributed by atoms with van der Waals surface area (Å²) in [6, 6.07) is 6.28. The zero-order valence-corrected chi connectivity index (χ0v) is 15.9. The molecule has 1 saturated carbocycles. The van der Waals surface area contributed by atoms with E-state index in [1.165, 1.54) is 18.4 Å². The molecule has 0 unspecified atom stereocenters. The Morgan fingerprint density at radius 3 is 2.77 bits per heavy atom. The summed E-state index contributed by atoms with van der Waals surface area (Å²) in [5, 5.41) is 4.67. The van der Waals surface area contributed by atoms with Gasteiger partial charge >= 0.3 is 0 Å². The van der Waals surface area contributed by atoms with Gasteiger partial charge in [-0.1, -0.05) is 0 Å². The van der Waals surface area contributed by atoms with Crippen LogP contribution in [-0.2, 0) is 6.54 Å². The van der Waals surface area contributed by atoms with Crippen LogP contribution in [0.25, 0.3) is 0 Å². The fraction of sp³-hybridized carbons (Fsp3) is 0.550. The number of aryl methyl sites for hydroxylation is 1. The summed E-state index contributed by atoms with van der Waals surface area (Å²) >= 11 is 0. The monoisotopic (exact) mass is 353 g/mol. The molecule has 4 rings (SSSR count). The molecule has 0 aromatic carbocycles. The van der Waals surface area contributed by atoms with Crippen LogP contribution in [0.15, 0.2) is 24.4 Å². The van der Waals surface area contributed by atoms with Crippen molar-refractivity contribution in [2.45, 2.75) is 51.1 Å². The lowest BCUT2D eigenvalue weighted by molar-refractivity contribution is 0.0723. The first-order valence-corrected chi connectivity index (χ1v) is 9.60. The summed E-state index contributed by atoms with van der Waals surface area (Å²) in [7, 11) is 3.98. The Bertz CT molecular complexity index is 808. The predicted octanol–water partition coefficient (Wildman–Crippen LogP) is 3.22. The molecule has 3 heterocycles. The van der Waals surface area contributed by atoms with E-state index in [-0.39, 0.29) is 11.9 Å². The number of likely N-dealkylation sites (tertiary alicyclic amines) is 1. The lowest BCUT2D eigenvalue weighted by Gasteiger charge is -2.26. The minimum absolute atomic E-state index is 0.108. The van der Waals surface area contributed by atoms with Crippen LogP contribution >= 0.6 is 0 Å². The maximum Gasteiger partial charge on any atom is 0.272 e. The molecule has 1 amide bonds. The van der Waals surface area contributed by atoms with Crippen molar-refractivity contribution in [1.82, 2.24) is 19.7 Å². The van der Waals surface area contributed by atoms with Gasteiger partial charge < -0.3 is 9.80 Å². The molecule has 2 aromatic rings. The third-order valence-electron chi connectivity index (χ3n) is 5.44. The van der Waals surface area contributed by atoms with Crippen molar-refractivity contribution in [3.63, 3.8) is 0 Å². The Balaban J connectivity index is 1.62. The van der Waals surface area contributed by atoms with Crippen LogP contribution in [0.1, 0.15) is 66.3 Å². The Hall–Kier alpha value is -2.37. The van der Waals surface area contributed by atoms with E-state index in [0.717, 1.165) is 43.1 Å². The summed E-state index contributed by atoms with van der Waals surface area (Å²) in [5.74, 6) is 1.60. The lowest BCUT2D eigenvalue weighted by atomic mass is 10.1. The lowest BCUT2D eigenvalue weighted by Crippen LogP contribution is -2.32. The fourth-order valence-electron chi connectivity index (χ4n) is 3.82. The summed E-state index contributed by atoms with van der Waals surface area (Å²) < 4.78 is 1.88. The van der Waals surface area contributed by atoms with E-state index in [9.17, 15) is 4.79 Å². The van der Waals surface area contributed by atoms with Gasteiger partial charge in [0.15, 0.2) is 0 Å². The van der Waals surface area contributed by atoms with Gasteiger partial charge in [-0.3, -0.25) is 9.48 Å². The van der Waals surface area contributed by atoms with Crippen molar-refractivity contribution in [2.24, 2.45) is 0 Å². The molecule has 0 N–H and O–H groups in total. The molecule has 2 aromatic heterocycles. The van der Waals surface area contributed by atoms with E-state index in [0.29, 0.717) is 5.92 Å². The molecule has 1 aliphatic carbocycles. The van der Waals surface area contributed by atoms with E-state index < -0.39 is 0 Å². The zero-order chi connectivity index (χ0) is 18.3. The number of hydrogen-bond acceptors (Lipinski definition) is 4. The van der Waals surface area contributed by atoms with Gasteiger partial charge in [0, 0.05) is 39.3 Å². The number of carbonyl (C=O) groups is 1. The van der Waals surface area contributed by atoms with Gasteiger partial charge in [0.05, 0.1) is 11.7 Å². The first-order valence-electron chi connectivity index (χ1n) is 9.60. The quantitative estimate of drug-likeness (QED) is 0.828. The molecule has 2 fully saturated rings. The fourth-order valence-corrected chi connectivity index (χ4v) is 3.82. The van der Waals surface area contributed by atoms with Gasteiger partial charge in [-0.2, -0.15) is 5.10 Å². The maximum atomic E-state index is 13.3. The molecular formula is C20H27N5O. The second kappa shape index (κ2) is 6.74. The second-order valence-corrected chi connectivity index (χ2v) is 7.54. The van der Waals surface area contributed by atoms with Gasteiger partial charge in [0.25, 0.3) is 5.91 Å². The highest BCUT2D eigenvalue weighted by Gasteiger charge is 2.34. The number of anilines is 1. The van der Waals surface area contributed by atoms with Crippen LogP contribution in [0.5, 0.6) is 0 Å². The molecule has 6 heteroatoms. The summed E-state index contributed by atoms with van der Waals surface area (Å²) in [6.07, 6.45) is 6.27. The number of carbonyl (C=O) groups excluding carboxylic acids is 1. The Morgan fingerprint density at radius 1 is 1.27 bits per heavy atom. The van der Waals surface area contributed by atoms with Crippen molar-refractivity contribution < 1.29 is 4.79 Å². The second-order valence-electron chi connectivity index (χ2n) is 7.54. The first-order chi connectivity index (χ1) is 12.6. The number of nitrogens with zero attached hydrogens (tertiary/aromatic N) is 5. The van der Waals surface area contributed by atoms with E-state index in [4.69, 9.17) is 0 Å². The smallest absolute Gasteiger partial charge is 0.272 e. The van der Waals surface area contributed by atoms with Gasteiger partial charge in [-0.15, -0.1) is 0 Å². The van der Waals surface area contributed by atoms with Crippen LogP contribution in [0, 0.1) is 0 Å². The summed E-state index contributed by atoms with van der Waals surface area (Å²) in [4.78, 5) is 21.7. The van der Waals surface area contributed by atoms with E-state index >= 15 is 0 Å². The Labute approximate surface area is 154 Å². The average Bonchev–Trinajstić information content (AvgIpc) is 3.22. The Morgan fingerprint density at radius 2 is 2.08 bits per heavy atom. The van der Waals surface area contributed by atoms with Crippen LogP contribution in [0.2, 0.25) is 0 Å². The molecule has 1 aliphatic heterocycles. The van der Waals surface area contributed by atoms with Gasteiger partial charge in [0.2, 0.25) is 0 Å². The number of aromatic nitrogens is 3. The highest BCUT2D eigenvalue weighted by Crippen LogP contribution is 2.40. The van der Waals surface area contributed by atoms with Crippen LogP contribution in [-0.4, -0.2) is 46.2 Å². The molecule has 2 aliphatic rings. The van der Waals surface area contributed by atoms with Gasteiger partial charge in [0.1, 0.15) is 11.5 Å². The molecule has 1 atom stereocenters. The minimum atomic E-state index is 0.108. The molecule has 6 nitrogen and oxygen atoms in total. The third-order valence-corrected chi connectivity index (χ3v) is 5.44. The van der Waals surface area contributed by atoms with Gasteiger partial charge in [-0.25, -0.2) is 4.98 Å². The predicted molar refractivity (Wildman–Crippen MR) is 101 cm³/mol. The minimum Gasteiger partial charge on any atom is -0.363 e. The van der Waals surface area contributed by atoms with Gasteiger partial charge in [-0.05, 0) is 56.4 Å². The number of rotatable bonds is 5. The Kier molecular flexibility index (Phi) is 4.42. The average molecular weight is 353 g/mol. The first kappa shape index (κ1) is 17.1. The standard InChI is InChI=1S/C20H27N5O/c1-4-25-18(13-16(22-25)14-7-8-14)20(26)24-11-5-6-17(24)15-9-10-21-19(12-15)23(2)3/h9-10,12-14,17H,4-8,11H2,1-3H3/t17-/m0/s1. The number of hydrogen-bond donors (Lipinski definition) is 0. The van der Waals surface area contributed by atoms with Crippen molar-refractivity contribution in [3.8, 4) is 0 Å². The molecule has 26 heavy (non-hydrogen) atoms. The number of amides is 1. The highest BCUT2D eigenvalue weighted by molar-refractivity contribution is 5.93. The van der Waals surface area contributed by atoms with E-state index in [1.807, 2.05) is 53.8 Å². The molecule has 0 bridgehead atoms. The summed E-state index contributed by atoms with van der Waals surface area (Å²) in [5.41, 5.74) is 2.99. The molecule has 138 valence electrons. The van der Waals surface area contributed by atoms with E-state index in [1.54, 1.807) is 0 Å². The molecule has 0 radical (unpaired) electrons. The molecule has 0 spiro atoms. The van der Waals surface area contributed by atoms with Crippen molar-refractivity contribution >= 4 is 11.7 Å². The van der Waals surface area contributed by atoms with Crippen LogP contribution in [0.4, 0.5) is 5.82 Å². The topological polar surface area (TPSA) is 54.3 Å². The largest absolute Gasteiger partial charge is 0.363 e. The maximum absolute atomic E-state index is 13.3. The van der Waals surface area contributed by atoms with Crippen molar-refractivity contribution in [3.05, 3.63) is 41.3 Å². The summed E-state index contributed by atoms with van der Waals surface area (Å²) in [6.45, 7) is 3.58. The zero-order valence-electron chi connectivity index (χ0n) is 15.9. The number of pyridine rings is 1. The van der Waals surface area contributed by atoms with Crippen LogP contribution in [0.3, 0.4) is 0 Å². The highest BCUT2D eigenvalue weighted by atomic mass is 16.2. The van der Waals surface area contributed by atoms with Crippen LogP contribution < -0.4 is 4.90 Å². The normalized spacial score (nSPS) is 19.8. The van der Waals surface area contributed by atoms with Crippen molar-refractivity contribution in [2.75, 3.05) is 25.5 Å². The van der Waals surface area contributed by atoms with E-state index in [2.05, 4.69) is 16.1 Å². The molecular weight excluding hydrogens is 326 g/mol.